The molecule has 1 heterocycles. The fraction of sp³-hybridized carbons (Fsp3) is 0.105. The first-order valence-electron chi connectivity index (χ1n) is 8.04. The van der Waals surface area contributed by atoms with E-state index in [2.05, 4.69) is 15.3 Å². The third kappa shape index (κ3) is 3.83. The first-order chi connectivity index (χ1) is 13.4. The summed E-state index contributed by atoms with van der Waals surface area (Å²) in [6, 6.07) is 7.86. The molecule has 0 bridgehead atoms. The Labute approximate surface area is 159 Å². The predicted octanol–water partition coefficient (Wildman–Crippen LogP) is 3.28. The van der Waals surface area contributed by atoms with Crippen LogP contribution in [-0.2, 0) is 0 Å². The molecule has 0 radical (unpaired) electrons. The van der Waals surface area contributed by atoms with Gasteiger partial charge in [0.1, 0.15) is 23.1 Å². The molecule has 144 valence electrons. The molecule has 0 fully saturated rings. The molecule has 0 aliphatic carbocycles. The highest BCUT2D eigenvalue weighted by molar-refractivity contribution is 5.96. The molecule has 28 heavy (non-hydrogen) atoms. The molecule has 3 rings (SSSR count). The minimum absolute atomic E-state index is 0.00255. The lowest BCUT2D eigenvalue weighted by molar-refractivity contribution is 0.0997. The number of hydrogen-bond donors (Lipinski definition) is 2. The first kappa shape index (κ1) is 19.0. The summed E-state index contributed by atoms with van der Waals surface area (Å²) in [5.41, 5.74) is 6.21. The lowest BCUT2D eigenvalue weighted by atomic mass is 10.1. The first-order valence-corrected chi connectivity index (χ1v) is 8.04. The van der Waals surface area contributed by atoms with Crippen molar-refractivity contribution in [2.45, 2.75) is 0 Å². The average Bonchev–Trinajstić information content (AvgIpc) is 2.69. The Bertz CT molecular complexity index is 1040. The van der Waals surface area contributed by atoms with E-state index in [1.807, 2.05) is 0 Å². The summed E-state index contributed by atoms with van der Waals surface area (Å²) in [5, 5.41) is 2.70. The van der Waals surface area contributed by atoms with Crippen LogP contribution in [0.25, 0.3) is 11.3 Å². The molecular formula is C19H16F2N4O3. The zero-order valence-corrected chi connectivity index (χ0v) is 15.0. The van der Waals surface area contributed by atoms with Crippen molar-refractivity contribution in [1.29, 1.82) is 0 Å². The summed E-state index contributed by atoms with van der Waals surface area (Å²) < 4.78 is 37.9. The number of carbonyl (C=O) groups excluding carboxylic acids is 1. The zero-order chi connectivity index (χ0) is 20.3. The molecule has 0 unspecified atom stereocenters. The number of ether oxygens (including phenoxy) is 2. The molecule has 1 aromatic heterocycles. The molecule has 0 saturated carbocycles. The van der Waals surface area contributed by atoms with Crippen LogP contribution in [0, 0.1) is 11.6 Å². The molecule has 1 amide bonds. The molecule has 0 saturated heterocycles. The molecular weight excluding hydrogens is 370 g/mol. The molecule has 7 nitrogen and oxygen atoms in total. The number of carbonyl (C=O) groups is 1. The smallest absolute Gasteiger partial charge is 0.252 e. The van der Waals surface area contributed by atoms with Gasteiger partial charge in [-0.3, -0.25) is 4.79 Å². The van der Waals surface area contributed by atoms with Gasteiger partial charge in [-0.25, -0.2) is 18.7 Å². The van der Waals surface area contributed by atoms with Crippen LogP contribution in [0.1, 0.15) is 10.4 Å². The monoisotopic (exact) mass is 386 g/mol. The van der Waals surface area contributed by atoms with Crippen molar-refractivity contribution in [2.24, 2.45) is 5.73 Å². The van der Waals surface area contributed by atoms with Crippen LogP contribution in [-0.4, -0.2) is 30.1 Å². The number of benzene rings is 2. The fourth-order valence-electron chi connectivity index (χ4n) is 2.58. The number of nitrogens with two attached hydrogens (primary N) is 1. The van der Waals surface area contributed by atoms with Crippen LogP contribution >= 0.6 is 0 Å². The van der Waals surface area contributed by atoms with Gasteiger partial charge < -0.3 is 20.5 Å². The number of nitrogens with zero attached hydrogens (tertiary/aromatic N) is 2. The predicted molar refractivity (Wildman–Crippen MR) is 98.7 cm³/mol. The minimum atomic E-state index is -0.773. The summed E-state index contributed by atoms with van der Waals surface area (Å²) in [4.78, 5) is 19.9. The Morgan fingerprint density at radius 3 is 2.50 bits per heavy atom. The number of primary amides is 1. The van der Waals surface area contributed by atoms with E-state index in [0.717, 1.165) is 6.07 Å². The second kappa shape index (κ2) is 7.87. The number of nitrogens with one attached hydrogen (secondary N) is 1. The Kier molecular flexibility index (Phi) is 5.35. The van der Waals surface area contributed by atoms with Gasteiger partial charge in [-0.05, 0) is 24.3 Å². The van der Waals surface area contributed by atoms with E-state index in [9.17, 15) is 13.6 Å². The van der Waals surface area contributed by atoms with Crippen molar-refractivity contribution in [3.63, 3.8) is 0 Å². The van der Waals surface area contributed by atoms with Gasteiger partial charge in [0, 0.05) is 23.9 Å². The van der Waals surface area contributed by atoms with Crippen LogP contribution in [0.5, 0.6) is 11.5 Å². The number of amides is 1. The third-order valence-electron chi connectivity index (χ3n) is 3.90. The molecule has 0 aliphatic heterocycles. The van der Waals surface area contributed by atoms with Crippen LogP contribution in [0.15, 0.2) is 42.6 Å². The molecule has 9 heteroatoms. The van der Waals surface area contributed by atoms with E-state index in [1.54, 1.807) is 6.07 Å². The van der Waals surface area contributed by atoms with E-state index in [-0.39, 0.29) is 28.7 Å². The summed E-state index contributed by atoms with van der Waals surface area (Å²) >= 11 is 0. The maximum absolute atomic E-state index is 14.3. The lowest BCUT2D eigenvalue weighted by Crippen LogP contribution is -2.13. The van der Waals surface area contributed by atoms with Crippen molar-refractivity contribution in [3.8, 4) is 22.8 Å². The number of hydrogen-bond acceptors (Lipinski definition) is 6. The van der Waals surface area contributed by atoms with E-state index in [0.29, 0.717) is 11.3 Å². The fourth-order valence-corrected chi connectivity index (χ4v) is 2.58. The zero-order valence-electron chi connectivity index (χ0n) is 15.0. The molecule has 0 aliphatic rings. The van der Waals surface area contributed by atoms with Crippen LogP contribution in [0.3, 0.4) is 0 Å². The van der Waals surface area contributed by atoms with E-state index < -0.39 is 17.5 Å². The van der Waals surface area contributed by atoms with Gasteiger partial charge in [-0.1, -0.05) is 0 Å². The second-order valence-corrected chi connectivity index (χ2v) is 5.63. The Morgan fingerprint density at radius 2 is 1.82 bits per heavy atom. The SMILES string of the molecule is COc1cc(F)c(Nc2nccc(-c3ccc(F)cc3OC)n2)cc1C(N)=O. The summed E-state index contributed by atoms with van der Waals surface area (Å²) in [7, 11) is 2.72. The number of rotatable bonds is 6. The van der Waals surface area contributed by atoms with Gasteiger partial charge in [0.25, 0.3) is 5.91 Å². The van der Waals surface area contributed by atoms with E-state index in [4.69, 9.17) is 15.2 Å². The highest BCUT2D eigenvalue weighted by Crippen LogP contribution is 2.31. The summed E-state index contributed by atoms with van der Waals surface area (Å²) in [6.07, 6.45) is 1.45. The maximum Gasteiger partial charge on any atom is 0.252 e. The van der Waals surface area contributed by atoms with Gasteiger partial charge in [0.05, 0.1) is 31.2 Å². The average molecular weight is 386 g/mol. The number of anilines is 2. The highest BCUT2D eigenvalue weighted by Gasteiger charge is 2.16. The van der Waals surface area contributed by atoms with Gasteiger partial charge >= 0.3 is 0 Å². The van der Waals surface area contributed by atoms with Gasteiger partial charge in [0.15, 0.2) is 0 Å². The van der Waals surface area contributed by atoms with E-state index in [1.165, 1.54) is 44.7 Å². The topological polar surface area (TPSA) is 99.4 Å². The number of methoxy groups -OCH3 is 2. The Morgan fingerprint density at radius 1 is 1.07 bits per heavy atom. The molecule has 3 N–H and O–H groups in total. The molecule has 3 aromatic rings. The van der Waals surface area contributed by atoms with Gasteiger partial charge in [-0.15, -0.1) is 0 Å². The second-order valence-electron chi connectivity index (χ2n) is 5.63. The minimum Gasteiger partial charge on any atom is -0.496 e. The highest BCUT2D eigenvalue weighted by atomic mass is 19.1. The quantitative estimate of drug-likeness (QED) is 0.675. The number of aromatic nitrogens is 2. The van der Waals surface area contributed by atoms with Gasteiger partial charge in [-0.2, -0.15) is 0 Å². The molecule has 0 spiro atoms. The third-order valence-corrected chi connectivity index (χ3v) is 3.90. The largest absolute Gasteiger partial charge is 0.496 e. The standard InChI is InChI=1S/C19H16F2N4O3/c1-27-16-7-10(20)3-4-11(16)14-5-6-23-19(24-14)25-15-8-12(18(22)26)17(28-2)9-13(15)21/h3-9H,1-2H3,(H2,22,26)(H,23,24,25). The number of halogens is 2. The van der Waals surface area contributed by atoms with Crippen molar-refractivity contribution < 1.29 is 23.0 Å². The van der Waals surface area contributed by atoms with Crippen molar-refractivity contribution in [3.05, 3.63) is 59.8 Å². The van der Waals surface area contributed by atoms with Crippen LogP contribution in [0.4, 0.5) is 20.4 Å². The Balaban J connectivity index is 1.98. The van der Waals surface area contributed by atoms with Crippen molar-refractivity contribution in [2.75, 3.05) is 19.5 Å². The van der Waals surface area contributed by atoms with Crippen molar-refractivity contribution in [1.82, 2.24) is 9.97 Å². The molecule has 2 aromatic carbocycles. The van der Waals surface area contributed by atoms with Gasteiger partial charge in [0.2, 0.25) is 5.95 Å². The summed E-state index contributed by atoms with van der Waals surface area (Å²) in [5.74, 6) is -1.55. The Hall–Kier alpha value is -3.75. The summed E-state index contributed by atoms with van der Waals surface area (Å²) in [6.45, 7) is 0. The van der Waals surface area contributed by atoms with Crippen LogP contribution in [0.2, 0.25) is 0 Å². The lowest BCUT2D eigenvalue weighted by Gasteiger charge is -2.12. The maximum atomic E-state index is 14.3. The molecule has 0 atom stereocenters. The normalized spacial score (nSPS) is 10.4. The van der Waals surface area contributed by atoms with E-state index >= 15 is 0 Å². The van der Waals surface area contributed by atoms with Crippen molar-refractivity contribution >= 4 is 17.5 Å². The van der Waals surface area contributed by atoms with Crippen LogP contribution < -0.4 is 20.5 Å².